The van der Waals surface area contributed by atoms with Crippen LogP contribution in [0.3, 0.4) is 0 Å². The molecule has 70 valence electrons. The number of rotatable bonds is 3. The normalized spacial score (nSPS) is 19.5. The minimum absolute atomic E-state index is 0.216. The molecule has 13 heavy (non-hydrogen) atoms. The smallest absolute Gasteiger partial charge is 0.171 e. The zero-order chi connectivity index (χ0) is 9.31. The van der Waals surface area contributed by atoms with Crippen molar-refractivity contribution in [2.24, 2.45) is 0 Å². The summed E-state index contributed by atoms with van der Waals surface area (Å²) in [6.45, 7) is 0.216. The van der Waals surface area contributed by atoms with E-state index in [4.69, 9.17) is 0 Å². The summed E-state index contributed by atoms with van der Waals surface area (Å²) >= 11 is 0. The van der Waals surface area contributed by atoms with Gasteiger partial charge in [0.25, 0.3) is 0 Å². The minimum atomic E-state index is -1.12. The Kier molecular flexibility index (Phi) is 1.86. The number of carbonyl (C=O) groups excluding carboxylic acids is 1. The van der Waals surface area contributed by atoms with E-state index in [1.54, 1.807) is 0 Å². The van der Waals surface area contributed by atoms with E-state index in [0.717, 1.165) is 6.42 Å². The maximum atomic E-state index is 13.5. The zero-order valence-electron chi connectivity index (χ0n) is 7.11. The van der Waals surface area contributed by atoms with E-state index in [1.807, 2.05) is 0 Å². The Labute approximate surface area is 74.7 Å². The first-order valence-electron chi connectivity index (χ1n) is 4.26. The molecule has 0 saturated heterocycles. The second kappa shape index (κ2) is 2.90. The van der Waals surface area contributed by atoms with E-state index >= 15 is 0 Å². The Hall–Kier alpha value is -1.26. The van der Waals surface area contributed by atoms with Gasteiger partial charge in [-0.2, -0.15) is 0 Å². The maximum Gasteiger partial charge on any atom is 0.171 e. The van der Waals surface area contributed by atoms with Crippen molar-refractivity contribution in [2.45, 2.75) is 31.5 Å². The topological polar surface area (TPSA) is 47.8 Å². The van der Waals surface area contributed by atoms with Gasteiger partial charge >= 0.3 is 0 Å². The standard InChI is InChI=1S/C8H10FN3O/c9-8(2-1-3-8)6-12-4-7(5-13)10-11-12/h4-5H,1-3,6H2. The van der Waals surface area contributed by atoms with Crippen molar-refractivity contribution < 1.29 is 9.18 Å². The van der Waals surface area contributed by atoms with Crippen LogP contribution >= 0.6 is 0 Å². The summed E-state index contributed by atoms with van der Waals surface area (Å²) < 4.78 is 14.9. The first-order chi connectivity index (χ1) is 6.22. The minimum Gasteiger partial charge on any atom is -0.296 e. The number of aromatic nitrogens is 3. The summed E-state index contributed by atoms with van der Waals surface area (Å²) in [5.41, 5.74) is -0.865. The second-order valence-corrected chi connectivity index (χ2v) is 3.46. The van der Waals surface area contributed by atoms with Crippen LogP contribution in [-0.4, -0.2) is 26.9 Å². The van der Waals surface area contributed by atoms with Gasteiger partial charge in [-0.05, 0) is 19.3 Å². The van der Waals surface area contributed by atoms with E-state index in [1.165, 1.54) is 10.9 Å². The zero-order valence-corrected chi connectivity index (χ0v) is 7.11. The van der Waals surface area contributed by atoms with Crippen molar-refractivity contribution in [3.63, 3.8) is 0 Å². The van der Waals surface area contributed by atoms with Crippen LogP contribution < -0.4 is 0 Å². The molecule has 0 aromatic carbocycles. The first kappa shape index (κ1) is 8.34. The molecule has 0 N–H and O–H groups in total. The molecule has 0 aliphatic heterocycles. The lowest BCUT2D eigenvalue weighted by molar-refractivity contribution is 0.0398. The predicted octanol–water partition coefficient (Wildman–Crippen LogP) is 0.983. The molecule has 1 heterocycles. The lowest BCUT2D eigenvalue weighted by Crippen LogP contribution is -2.36. The highest BCUT2D eigenvalue weighted by Crippen LogP contribution is 2.36. The molecule has 0 atom stereocenters. The van der Waals surface area contributed by atoms with Crippen LogP contribution in [0.5, 0.6) is 0 Å². The van der Waals surface area contributed by atoms with Gasteiger partial charge in [-0.3, -0.25) is 4.79 Å². The van der Waals surface area contributed by atoms with Crippen LogP contribution in [-0.2, 0) is 6.54 Å². The molecule has 1 saturated carbocycles. The summed E-state index contributed by atoms with van der Waals surface area (Å²) in [5, 5.41) is 7.20. The number of alkyl halides is 1. The Morgan fingerprint density at radius 3 is 2.92 bits per heavy atom. The molecule has 0 radical (unpaired) electrons. The van der Waals surface area contributed by atoms with Crippen molar-refractivity contribution in [2.75, 3.05) is 0 Å². The van der Waals surface area contributed by atoms with Crippen LogP contribution in [0.25, 0.3) is 0 Å². The van der Waals surface area contributed by atoms with Gasteiger partial charge in [0.1, 0.15) is 11.4 Å². The van der Waals surface area contributed by atoms with Crippen LogP contribution in [0.1, 0.15) is 29.8 Å². The van der Waals surface area contributed by atoms with Crippen LogP contribution in [0.4, 0.5) is 4.39 Å². The number of aldehydes is 1. The fourth-order valence-corrected chi connectivity index (χ4v) is 1.45. The molecule has 0 spiro atoms. The molecular formula is C8H10FN3O. The van der Waals surface area contributed by atoms with Gasteiger partial charge in [-0.1, -0.05) is 5.21 Å². The number of halogens is 1. The van der Waals surface area contributed by atoms with E-state index in [0.29, 0.717) is 19.1 Å². The molecule has 0 bridgehead atoms. The highest BCUT2D eigenvalue weighted by molar-refractivity contribution is 5.70. The van der Waals surface area contributed by atoms with Gasteiger partial charge in [0.15, 0.2) is 6.29 Å². The Morgan fingerprint density at radius 2 is 2.46 bits per heavy atom. The average molecular weight is 183 g/mol. The van der Waals surface area contributed by atoms with Crippen molar-refractivity contribution in [1.82, 2.24) is 15.0 Å². The third kappa shape index (κ3) is 1.59. The molecule has 5 heteroatoms. The maximum absolute atomic E-state index is 13.5. The average Bonchev–Trinajstić information content (AvgIpc) is 2.49. The van der Waals surface area contributed by atoms with Crippen molar-refractivity contribution in [1.29, 1.82) is 0 Å². The molecular weight excluding hydrogens is 173 g/mol. The van der Waals surface area contributed by atoms with Gasteiger partial charge in [-0.25, -0.2) is 9.07 Å². The van der Waals surface area contributed by atoms with Gasteiger partial charge in [-0.15, -0.1) is 5.10 Å². The predicted molar refractivity (Wildman–Crippen MR) is 43.1 cm³/mol. The van der Waals surface area contributed by atoms with Gasteiger partial charge in [0.2, 0.25) is 0 Å². The van der Waals surface area contributed by atoms with Crippen LogP contribution in [0, 0.1) is 0 Å². The number of nitrogens with zero attached hydrogens (tertiary/aromatic N) is 3. The summed E-state index contributed by atoms with van der Waals surface area (Å²) in [6.07, 6.45) is 4.18. The van der Waals surface area contributed by atoms with Gasteiger partial charge in [0, 0.05) is 0 Å². The Balaban J connectivity index is 2.04. The highest BCUT2D eigenvalue weighted by atomic mass is 19.1. The quantitative estimate of drug-likeness (QED) is 0.656. The summed E-state index contributed by atoms with van der Waals surface area (Å²) in [4.78, 5) is 10.3. The third-order valence-electron chi connectivity index (χ3n) is 2.37. The molecule has 4 nitrogen and oxygen atoms in total. The molecule has 2 rings (SSSR count). The van der Waals surface area contributed by atoms with Gasteiger partial charge in [0.05, 0.1) is 12.7 Å². The van der Waals surface area contributed by atoms with Crippen molar-refractivity contribution in [3.05, 3.63) is 11.9 Å². The van der Waals surface area contributed by atoms with Crippen molar-refractivity contribution >= 4 is 6.29 Å². The van der Waals surface area contributed by atoms with E-state index in [9.17, 15) is 9.18 Å². The van der Waals surface area contributed by atoms with E-state index in [-0.39, 0.29) is 12.2 Å². The fraction of sp³-hybridized carbons (Fsp3) is 0.625. The third-order valence-corrected chi connectivity index (χ3v) is 2.37. The molecule has 1 aliphatic rings. The van der Waals surface area contributed by atoms with E-state index in [2.05, 4.69) is 10.3 Å². The summed E-state index contributed by atoms with van der Waals surface area (Å²) in [5.74, 6) is 0. The SMILES string of the molecule is O=Cc1cn(CC2(F)CCC2)nn1. The molecule has 1 fully saturated rings. The number of hydrogen-bond acceptors (Lipinski definition) is 3. The van der Waals surface area contributed by atoms with Crippen LogP contribution in [0.2, 0.25) is 0 Å². The fourth-order valence-electron chi connectivity index (χ4n) is 1.45. The molecule has 1 aromatic heterocycles. The number of carbonyl (C=O) groups is 1. The molecule has 0 amide bonds. The van der Waals surface area contributed by atoms with Crippen LogP contribution in [0.15, 0.2) is 6.20 Å². The second-order valence-electron chi connectivity index (χ2n) is 3.46. The van der Waals surface area contributed by atoms with E-state index < -0.39 is 5.67 Å². The Bertz CT molecular complexity index is 319. The van der Waals surface area contributed by atoms with Crippen molar-refractivity contribution in [3.8, 4) is 0 Å². The van der Waals surface area contributed by atoms with Gasteiger partial charge < -0.3 is 0 Å². The Morgan fingerprint density at radius 1 is 1.69 bits per heavy atom. The lowest BCUT2D eigenvalue weighted by atomic mass is 9.82. The first-order valence-corrected chi connectivity index (χ1v) is 4.26. The largest absolute Gasteiger partial charge is 0.296 e. The monoisotopic (exact) mass is 183 g/mol. The lowest BCUT2D eigenvalue weighted by Gasteiger charge is -2.33. The molecule has 0 unspecified atom stereocenters. The molecule has 1 aliphatic carbocycles. The highest BCUT2D eigenvalue weighted by Gasteiger charge is 2.37. The summed E-state index contributed by atoms with van der Waals surface area (Å²) in [6, 6.07) is 0. The summed E-state index contributed by atoms with van der Waals surface area (Å²) in [7, 11) is 0. The molecule has 1 aromatic rings. The number of hydrogen-bond donors (Lipinski definition) is 0.